The first kappa shape index (κ1) is 15.1. The molecule has 0 spiro atoms. The van der Waals surface area contributed by atoms with Crippen molar-refractivity contribution in [3.8, 4) is 0 Å². The molecule has 0 bridgehead atoms. The summed E-state index contributed by atoms with van der Waals surface area (Å²) >= 11 is 0. The van der Waals surface area contributed by atoms with Crippen LogP contribution in [0.3, 0.4) is 0 Å². The molecule has 0 aliphatic heterocycles. The van der Waals surface area contributed by atoms with E-state index in [2.05, 4.69) is 37.4 Å². The molecule has 0 atom stereocenters. The largest absolute Gasteiger partial charge is 0.381 e. The fourth-order valence-electron chi connectivity index (χ4n) is 2.49. The molecule has 0 radical (unpaired) electrons. The molecule has 0 unspecified atom stereocenters. The minimum atomic E-state index is -0.389. The monoisotopic (exact) mass is 282 g/mol. The van der Waals surface area contributed by atoms with Gasteiger partial charge in [-0.3, -0.25) is 4.79 Å². The van der Waals surface area contributed by atoms with Gasteiger partial charge in [0.1, 0.15) is 0 Å². The molecule has 0 saturated heterocycles. The number of para-hydroxylation sites is 1. The van der Waals surface area contributed by atoms with Crippen LogP contribution in [0.2, 0.25) is 0 Å². The molecule has 3 N–H and O–H groups in total. The van der Waals surface area contributed by atoms with Crippen LogP contribution >= 0.6 is 0 Å². The van der Waals surface area contributed by atoms with Crippen LogP contribution in [-0.2, 0) is 19.4 Å². The highest BCUT2D eigenvalue weighted by Crippen LogP contribution is 2.23. The highest BCUT2D eigenvalue weighted by molar-refractivity contribution is 5.92. The third-order valence-corrected chi connectivity index (χ3v) is 3.68. The summed E-state index contributed by atoms with van der Waals surface area (Å²) in [5.41, 5.74) is 10.8. The average Bonchev–Trinajstić information content (AvgIpc) is 2.52. The lowest BCUT2D eigenvalue weighted by Crippen LogP contribution is -2.12. The smallest absolute Gasteiger partial charge is 0.248 e. The fraction of sp³-hybridized carbons (Fsp3) is 0.278. The van der Waals surface area contributed by atoms with Crippen molar-refractivity contribution in [1.29, 1.82) is 0 Å². The Morgan fingerprint density at radius 1 is 1.05 bits per heavy atom. The number of nitrogens with one attached hydrogen (secondary N) is 1. The zero-order chi connectivity index (χ0) is 15.2. The molecule has 21 heavy (non-hydrogen) atoms. The Labute approximate surface area is 126 Å². The number of hydrogen-bond donors (Lipinski definition) is 2. The van der Waals surface area contributed by atoms with Crippen LogP contribution < -0.4 is 11.1 Å². The SMILES string of the molecule is CCc1cccc(CC)c1NCc1cccc(C(N)=O)c1. The van der Waals surface area contributed by atoms with Gasteiger partial charge < -0.3 is 11.1 Å². The molecule has 110 valence electrons. The lowest BCUT2D eigenvalue weighted by molar-refractivity contribution is 0.1000. The highest BCUT2D eigenvalue weighted by Gasteiger charge is 2.06. The lowest BCUT2D eigenvalue weighted by atomic mass is 10.0. The molecule has 0 aliphatic carbocycles. The number of benzene rings is 2. The predicted molar refractivity (Wildman–Crippen MR) is 87.5 cm³/mol. The van der Waals surface area contributed by atoms with Gasteiger partial charge in [-0.2, -0.15) is 0 Å². The molecule has 3 nitrogen and oxygen atoms in total. The molecule has 0 saturated carbocycles. The van der Waals surface area contributed by atoms with Gasteiger partial charge in [0, 0.05) is 17.8 Å². The molecule has 2 rings (SSSR count). The number of hydrogen-bond acceptors (Lipinski definition) is 2. The summed E-state index contributed by atoms with van der Waals surface area (Å²) in [4.78, 5) is 11.2. The predicted octanol–water partition coefficient (Wildman–Crippen LogP) is 3.52. The van der Waals surface area contributed by atoms with E-state index in [1.165, 1.54) is 16.8 Å². The van der Waals surface area contributed by atoms with Crippen LogP contribution in [0.5, 0.6) is 0 Å². The van der Waals surface area contributed by atoms with Crippen molar-refractivity contribution in [2.45, 2.75) is 33.2 Å². The highest BCUT2D eigenvalue weighted by atomic mass is 16.1. The second-order valence-electron chi connectivity index (χ2n) is 5.08. The molecule has 1 amide bonds. The third kappa shape index (κ3) is 3.63. The summed E-state index contributed by atoms with van der Waals surface area (Å²) in [7, 11) is 0. The average molecular weight is 282 g/mol. The topological polar surface area (TPSA) is 55.1 Å². The second kappa shape index (κ2) is 6.93. The zero-order valence-corrected chi connectivity index (χ0v) is 12.6. The normalized spacial score (nSPS) is 10.4. The number of aryl methyl sites for hydroxylation is 2. The van der Waals surface area contributed by atoms with E-state index in [1.807, 2.05) is 18.2 Å². The van der Waals surface area contributed by atoms with E-state index in [-0.39, 0.29) is 5.91 Å². The summed E-state index contributed by atoms with van der Waals surface area (Å²) < 4.78 is 0. The number of primary amides is 1. The maximum absolute atomic E-state index is 11.2. The van der Waals surface area contributed by atoms with Gasteiger partial charge in [0.2, 0.25) is 5.91 Å². The number of rotatable bonds is 6. The van der Waals surface area contributed by atoms with Crippen molar-refractivity contribution in [2.75, 3.05) is 5.32 Å². The fourth-order valence-corrected chi connectivity index (χ4v) is 2.49. The van der Waals surface area contributed by atoms with E-state index in [0.717, 1.165) is 18.4 Å². The first-order chi connectivity index (χ1) is 10.2. The lowest BCUT2D eigenvalue weighted by Gasteiger charge is -2.15. The number of anilines is 1. The molecule has 0 aromatic heterocycles. The maximum atomic E-state index is 11.2. The summed E-state index contributed by atoms with van der Waals surface area (Å²) in [6, 6.07) is 13.9. The standard InChI is InChI=1S/C18H22N2O/c1-3-14-8-6-9-15(4-2)17(14)20-12-13-7-5-10-16(11-13)18(19)21/h5-11,20H,3-4,12H2,1-2H3,(H2,19,21). The number of carbonyl (C=O) groups excluding carboxylic acids is 1. The summed E-state index contributed by atoms with van der Waals surface area (Å²) in [5, 5.41) is 3.51. The Morgan fingerprint density at radius 2 is 1.67 bits per heavy atom. The van der Waals surface area contributed by atoms with Gasteiger partial charge in [-0.15, -0.1) is 0 Å². The van der Waals surface area contributed by atoms with Crippen LogP contribution in [0.1, 0.15) is 40.9 Å². The van der Waals surface area contributed by atoms with Crippen LogP contribution in [0.15, 0.2) is 42.5 Å². The van der Waals surface area contributed by atoms with Crippen molar-refractivity contribution in [3.63, 3.8) is 0 Å². The van der Waals surface area contributed by atoms with Gasteiger partial charge in [-0.05, 0) is 41.7 Å². The van der Waals surface area contributed by atoms with Gasteiger partial charge in [-0.25, -0.2) is 0 Å². The van der Waals surface area contributed by atoms with E-state index >= 15 is 0 Å². The number of amides is 1. The Morgan fingerprint density at radius 3 is 2.24 bits per heavy atom. The third-order valence-electron chi connectivity index (χ3n) is 3.68. The van der Waals surface area contributed by atoms with E-state index in [0.29, 0.717) is 12.1 Å². The van der Waals surface area contributed by atoms with E-state index in [9.17, 15) is 4.79 Å². The van der Waals surface area contributed by atoms with Crippen molar-refractivity contribution >= 4 is 11.6 Å². The van der Waals surface area contributed by atoms with Gasteiger partial charge >= 0.3 is 0 Å². The first-order valence-corrected chi connectivity index (χ1v) is 7.39. The molecule has 0 fully saturated rings. The van der Waals surface area contributed by atoms with Gasteiger partial charge in [0.25, 0.3) is 0 Å². The van der Waals surface area contributed by atoms with Crippen molar-refractivity contribution in [2.24, 2.45) is 5.73 Å². The molecule has 2 aromatic carbocycles. The molecule has 0 aliphatic rings. The van der Waals surface area contributed by atoms with Crippen molar-refractivity contribution in [3.05, 3.63) is 64.7 Å². The molecule has 3 heteroatoms. The Balaban J connectivity index is 2.20. The van der Waals surface area contributed by atoms with Gasteiger partial charge in [0.15, 0.2) is 0 Å². The van der Waals surface area contributed by atoms with Gasteiger partial charge in [-0.1, -0.05) is 44.2 Å². The molecular formula is C18H22N2O. The van der Waals surface area contributed by atoms with Crippen LogP contribution in [-0.4, -0.2) is 5.91 Å². The zero-order valence-electron chi connectivity index (χ0n) is 12.6. The quantitative estimate of drug-likeness (QED) is 0.851. The van der Waals surface area contributed by atoms with Crippen molar-refractivity contribution < 1.29 is 4.79 Å². The van der Waals surface area contributed by atoms with Crippen LogP contribution in [0.25, 0.3) is 0 Å². The van der Waals surface area contributed by atoms with Crippen LogP contribution in [0.4, 0.5) is 5.69 Å². The number of nitrogens with two attached hydrogens (primary N) is 1. The Bertz CT molecular complexity index is 613. The number of carbonyl (C=O) groups is 1. The first-order valence-electron chi connectivity index (χ1n) is 7.39. The van der Waals surface area contributed by atoms with E-state index in [1.54, 1.807) is 6.07 Å². The Hall–Kier alpha value is -2.29. The maximum Gasteiger partial charge on any atom is 0.248 e. The molecule has 2 aromatic rings. The minimum absolute atomic E-state index is 0.389. The summed E-state index contributed by atoms with van der Waals surface area (Å²) in [6.45, 7) is 5.01. The van der Waals surface area contributed by atoms with E-state index < -0.39 is 0 Å². The second-order valence-corrected chi connectivity index (χ2v) is 5.08. The van der Waals surface area contributed by atoms with Crippen molar-refractivity contribution in [1.82, 2.24) is 0 Å². The van der Waals surface area contributed by atoms with E-state index in [4.69, 9.17) is 5.73 Å². The van der Waals surface area contributed by atoms with Gasteiger partial charge in [0.05, 0.1) is 0 Å². The molecular weight excluding hydrogens is 260 g/mol. The summed E-state index contributed by atoms with van der Waals surface area (Å²) in [6.07, 6.45) is 2.00. The minimum Gasteiger partial charge on any atom is -0.381 e. The summed E-state index contributed by atoms with van der Waals surface area (Å²) in [5.74, 6) is -0.389. The Kier molecular flexibility index (Phi) is 4.99. The molecule has 0 heterocycles. The van der Waals surface area contributed by atoms with Crippen LogP contribution in [0, 0.1) is 0 Å².